The van der Waals surface area contributed by atoms with E-state index in [-0.39, 0.29) is 21.8 Å². The summed E-state index contributed by atoms with van der Waals surface area (Å²) in [6.07, 6.45) is 0. The van der Waals surface area contributed by atoms with Gasteiger partial charge in [0.1, 0.15) is 17.4 Å². The van der Waals surface area contributed by atoms with Crippen LogP contribution in [0.4, 0.5) is 20.2 Å². The van der Waals surface area contributed by atoms with E-state index in [1.807, 2.05) is 0 Å². The van der Waals surface area contributed by atoms with Gasteiger partial charge in [-0.05, 0) is 54.6 Å². The lowest BCUT2D eigenvalue weighted by molar-refractivity contribution is 0.102. The predicted molar refractivity (Wildman–Crippen MR) is 105 cm³/mol. The summed E-state index contributed by atoms with van der Waals surface area (Å²) in [6, 6.07) is 14.2. The van der Waals surface area contributed by atoms with Gasteiger partial charge in [-0.25, -0.2) is 17.2 Å². The Labute approximate surface area is 166 Å². The van der Waals surface area contributed by atoms with Crippen LogP contribution in [0.25, 0.3) is 0 Å². The second kappa shape index (κ2) is 8.27. The zero-order valence-electron chi connectivity index (χ0n) is 15.1. The van der Waals surface area contributed by atoms with Crippen molar-refractivity contribution >= 4 is 27.3 Å². The lowest BCUT2D eigenvalue weighted by Gasteiger charge is -2.12. The average Bonchev–Trinajstić information content (AvgIpc) is 2.70. The fourth-order valence-corrected chi connectivity index (χ4v) is 3.57. The van der Waals surface area contributed by atoms with Gasteiger partial charge in [0.15, 0.2) is 0 Å². The van der Waals surface area contributed by atoms with E-state index in [0.717, 1.165) is 30.3 Å². The van der Waals surface area contributed by atoms with Crippen molar-refractivity contribution in [2.45, 2.75) is 4.90 Å². The third kappa shape index (κ3) is 4.69. The summed E-state index contributed by atoms with van der Waals surface area (Å²) in [7, 11) is -2.70. The van der Waals surface area contributed by atoms with Gasteiger partial charge in [0.25, 0.3) is 15.9 Å². The first kappa shape index (κ1) is 20.3. The largest absolute Gasteiger partial charge is 0.495 e. The molecule has 0 unspecified atom stereocenters. The van der Waals surface area contributed by atoms with E-state index in [0.29, 0.717) is 5.75 Å². The molecule has 6 nitrogen and oxygen atoms in total. The Hall–Kier alpha value is -3.46. The minimum Gasteiger partial charge on any atom is -0.495 e. The maximum absolute atomic E-state index is 14.4. The van der Waals surface area contributed by atoms with Crippen LogP contribution in [-0.4, -0.2) is 21.4 Å². The number of nitrogens with one attached hydrogen (secondary N) is 2. The summed E-state index contributed by atoms with van der Waals surface area (Å²) in [4.78, 5) is 11.8. The van der Waals surface area contributed by atoms with Crippen LogP contribution in [-0.2, 0) is 10.0 Å². The van der Waals surface area contributed by atoms with E-state index in [2.05, 4.69) is 10.0 Å². The molecule has 0 saturated carbocycles. The molecule has 0 aliphatic heterocycles. The second-order valence-electron chi connectivity index (χ2n) is 5.91. The smallest absolute Gasteiger partial charge is 0.262 e. The molecular weight excluding hydrogens is 402 g/mol. The molecule has 1 amide bonds. The van der Waals surface area contributed by atoms with Crippen LogP contribution in [0.3, 0.4) is 0 Å². The quantitative estimate of drug-likeness (QED) is 0.633. The van der Waals surface area contributed by atoms with E-state index >= 15 is 0 Å². The lowest BCUT2D eigenvalue weighted by Crippen LogP contribution is -2.16. The minimum atomic E-state index is -4.09. The van der Waals surface area contributed by atoms with E-state index < -0.39 is 27.6 Å². The first-order valence-corrected chi connectivity index (χ1v) is 9.81. The molecule has 0 heterocycles. The highest BCUT2D eigenvalue weighted by Crippen LogP contribution is 2.27. The summed E-state index contributed by atoms with van der Waals surface area (Å²) in [5.74, 6) is -1.81. The van der Waals surface area contributed by atoms with Crippen molar-refractivity contribution in [1.29, 1.82) is 0 Å². The Morgan fingerprint density at radius 1 is 0.931 bits per heavy atom. The number of para-hydroxylation sites is 2. The highest BCUT2D eigenvalue weighted by molar-refractivity contribution is 7.92. The lowest BCUT2D eigenvalue weighted by atomic mass is 10.2. The van der Waals surface area contributed by atoms with Crippen molar-refractivity contribution < 1.29 is 26.7 Å². The van der Waals surface area contributed by atoms with Gasteiger partial charge in [0, 0.05) is 5.56 Å². The first-order valence-electron chi connectivity index (χ1n) is 8.32. The molecule has 3 aromatic carbocycles. The van der Waals surface area contributed by atoms with E-state index in [1.54, 1.807) is 18.2 Å². The summed E-state index contributed by atoms with van der Waals surface area (Å²) in [5, 5.41) is 2.32. The standard InChI is InChI=1S/C20H16F2N2O4S/c1-28-19-5-3-2-4-18(19)24-29(26,27)15-10-11-17(16(22)12-15)23-20(25)13-6-8-14(21)9-7-13/h2-12,24H,1H3,(H,23,25). The molecule has 0 fully saturated rings. The van der Waals surface area contributed by atoms with Crippen LogP contribution in [0.2, 0.25) is 0 Å². The molecule has 0 bridgehead atoms. The number of anilines is 2. The summed E-state index contributed by atoms with van der Waals surface area (Å²) >= 11 is 0. The predicted octanol–water partition coefficient (Wildman–Crippen LogP) is 4.03. The Bertz CT molecular complexity index is 1150. The molecule has 0 aliphatic carbocycles. The van der Waals surface area contributed by atoms with Gasteiger partial charge in [-0.15, -0.1) is 0 Å². The number of rotatable bonds is 6. The first-order chi connectivity index (χ1) is 13.8. The number of ether oxygens (including phenoxy) is 1. The maximum Gasteiger partial charge on any atom is 0.262 e. The van der Waals surface area contributed by atoms with Gasteiger partial charge in [-0.2, -0.15) is 0 Å². The van der Waals surface area contributed by atoms with Gasteiger partial charge >= 0.3 is 0 Å². The molecule has 2 N–H and O–H groups in total. The van der Waals surface area contributed by atoms with Crippen molar-refractivity contribution in [2.24, 2.45) is 0 Å². The van der Waals surface area contributed by atoms with Crippen LogP contribution in [0.15, 0.2) is 71.6 Å². The van der Waals surface area contributed by atoms with Gasteiger partial charge in [0.2, 0.25) is 0 Å². The third-order valence-corrected chi connectivity index (χ3v) is 5.32. The minimum absolute atomic E-state index is 0.125. The van der Waals surface area contributed by atoms with E-state index in [9.17, 15) is 22.0 Å². The van der Waals surface area contributed by atoms with Crippen molar-refractivity contribution in [1.82, 2.24) is 0 Å². The van der Waals surface area contributed by atoms with E-state index in [4.69, 9.17) is 4.74 Å². The summed E-state index contributed by atoms with van der Waals surface area (Å²) in [5.41, 5.74) is 0.111. The molecule has 0 atom stereocenters. The number of methoxy groups -OCH3 is 1. The van der Waals surface area contributed by atoms with Crippen molar-refractivity contribution in [3.05, 3.63) is 83.9 Å². The molecule has 0 aromatic heterocycles. The van der Waals surface area contributed by atoms with E-state index in [1.165, 1.54) is 25.3 Å². The van der Waals surface area contributed by atoms with Crippen LogP contribution in [0, 0.1) is 11.6 Å². The van der Waals surface area contributed by atoms with Crippen LogP contribution < -0.4 is 14.8 Å². The number of benzene rings is 3. The van der Waals surface area contributed by atoms with Crippen LogP contribution >= 0.6 is 0 Å². The summed E-state index contributed by atoms with van der Waals surface area (Å²) < 4.78 is 59.9. The number of carbonyl (C=O) groups is 1. The Kier molecular flexibility index (Phi) is 5.79. The molecule has 3 rings (SSSR count). The van der Waals surface area contributed by atoms with Crippen molar-refractivity contribution in [2.75, 3.05) is 17.1 Å². The number of hydrogen-bond donors (Lipinski definition) is 2. The van der Waals surface area contributed by atoms with Crippen molar-refractivity contribution in [3.8, 4) is 5.75 Å². The number of hydrogen-bond acceptors (Lipinski definition) is 4. The molecule has 9 heteroatoms. The van der Waals surface area contributed by atoms with Gasteiger partial charge in [-0.1, -0.05) is 12.1 Å². The molecule has 0 radical (unpaired) electrons. The highest BCUT2D eigenvalue weighted by atomic mass is 32.2. The molecule has 0 saturated heterocycles. The highest BCUT2D eigenvalue weighted by Gasteiger charge is 2.19. The molecule has 0 aliphatic rings. The average molecular weight is 418 g/mol. The van der Waals surface area contributed by atoms with Crippen molar-refractivity contribution in [3.63, 3.8) is 0 Å². The third-order valence-electron chi connectivity index (χ3n) is 3.96. The number of carbonyl (C=O) groups excluding carboxylic acids is 1. The van der Waals surface area contributed by atoms with Gasteiger partial charge < -0.3 is 10.1 Å². The topological polar surface area (TPSA) is 84.5 Å². The fourth-order valence-electron chi connectivity index (χ4n) is 2.49. The Balaban J connectivity index is 1.81. The van der Waals surface area contributed by atoms with Crippen LogP contribution in [0.1, 0.15) is 10.4 Å². The molecule has 29 heavy (non-hydrogen) atoms. The molecule has 0 spiro atoms. The molecular formula is C20H16F2N2O4S. The van der Waals surface area contributed by atoms with Crippen LogP contribution in [0.5, 0.6) is 5.75 Å². The Morgan fingerprint density at radius 3 is 2.28 bits per heavy atom. The zero-order valence-corrected chi connectivity index (χ0v) is 16.0. The SMILES string of the molecule is COc1ccccc1NS(=O)(=O)c1ccc(NC(=O)c2ccc(F)cc2)c(F)c1. The van der Waals surface area contributed by atoms with Gasteiger partial charge in [0.05, 0.1) is 23.4 Å². The number of halogens is 2. The molecule has 150 valence electrons. The summed E-state index contributed by atoms with van der Waals surface area (Å²) in [6.45, 7) is 0. The second-order valence-corrected chi connectivity index (χ2v) is 7.59. The Morgan fingerprint density at radius 2 is 1.62 bits per heavy atom. The number of sulfonamides is 1. The fraction of sp³-hybridized carbons (Fsp3) is 0.0500. The molecule has 3 aromatic rings. The normalized spacial score (nSPS) is 11.0. The van der Waals surface area contributed by atoms with Gasteiger partial charge in [-0.3, -0.25) is 9.52 Å². The zero-order chi connectivity index (χ0) is 21.0. The maximum atomic E-state index is 14.4. The monoisotopic (exact) mass is 418 g/mol. The number of amides is 1.